The van der Waals surface area contributed by atoms with Crippen LogP contribution in [-0.2, 0) is 17.8 Å². The first-order chi connectivity index (χ1) is 12.5. The standard InChI is InChI=1S/C20H24BrClN2O2/c1-14-6-2-3-7-15(14)12-24-13-17-10-16(11-18(21)19(17)23)20(25)26-9-5-4-8-22/h2-3,6-7,10-11,24H,4-5,8-9,12-13,23H2,1H3. The Bertz CT molecular complexity index is 753. The third-order valence-electron chi connectivity index (χ3n) is 4.10. The fraction of sp³-hybridized carbons (Fsp3) is 0.350. The summed E-state index contributed by atoms with van der Waals surface area (Å²) < 4.78 is 5.98. The zero-order chi connectivity index (χ0) is 18.9. The van der Waals surface area contributed by atoms with Gasteiger partial charge in [0, 0.05) is 23.4 Å². The van der Waals surface area contributed by atoms with Gasteiger partial charge in [-0.3, -0.25) is 0 Å². The zero-order valence-corrected chi connectivity index (χ0v) is 17.2. The number of aryl methyl sites for hydroxylation is 1. The number of nitrogen functional groups attached to an aromatic ring is 1. The highest BCUT2D eigenvalue weighted by Crippen LogP contribution is 2.26. The van der Waals surface area contributed by atoms with E-state index in [9.17, 15) is 4.79 Å². The van der Waals surface area contributed by atoms with E-state index in [0.717, 1.165) is 24.9 Å². The Morgan fingerprint density at radius 1 is 1.19 bits per heavy atom. The Labute approximate surface area is 168 Å². The van der Waals surface area contributed by atoms with Crippen LogP contribution in [0.3, 0.4) is 0 Å². The lowest BCUT2D eigenvalue weighted by molar-refractivity contribution is 0.0499. The Hall–Kier alpha value is -1.56. The molecule has 0 aliphatic carbocycles. The van der Waals surface area contributed by atoms with E-state index in [4.69, 9.17) is 22.1 Å². The second-order valence-corrected chi connectivity index (χ2v) is 7.33. The minimum absolute atomic E-state index is 0.347. The molecule has 0 aliphatic rings. The molecule has 4 nitrogen and oxygen atoms in total. The van der Waals surface area contributed by atoms with Crippen molar-refractivity contribution in [2.45, 2.75) is 32.9 Å². The van der Waals surface area contributed by atoms with Crippen LogP contribution in [0.5, 0.6) is 0 Å². The van der Waals surface area contributed by atoms with Gasteiger partial charge in [0.2, 0.25) is 0 Å². The van der Waals surface area contributed by atoms with Gasteiger partial charge in [-0.05, 0) is 64.5 Å². The number of carbonyl (C=O) groups excluding carboxylic acids is 1. The number of carbonyl (C=O) groups is 1. The summed E-state index contributed by atoms with van der Waals surface area (Å²) in [4.78, 5) is 12.2. The van der Waals surface area contributed by atoms with E-state index in [0.29, 0.717) is 34.8 Å². The Balaban J connectivity index is 2.00. The van der Waals surface area contributed by atoms with Crippen LogP contribution in [0.15, 0.2) is 40.9 Å². The minimum atomic E-state index is -0.347. The minimum Gasteiger partial charge on any atom is -0.462 e. The maximum Gasteiger partial charge on any atom is 0.338 e. The van der Waals surface area contributed by atoms with Gasteiger partial charge in [-0.15, -0.1) is 11.6 Å². The van der Waals surface area contributed by atoms with Crippen molar-refractivity contribution >= 4 is 39.2 Å². The van der Waals surface area contributed by atoms with Crippen LogP contribution >= 0.6 is 27.5 Å². The number of ether oxygens (including phenoxy) is 1. The van der Waals surface area contributed by atoms with Crippen molar-refractivity contribution in [3.63, 3.8) is 0 Å². The van der Waals surface area contributed by atoms with E-state index in [1.807, 2.05) is 12.1 Å². The third kappa shape index (κ3) is 6.01. The highest BCUT2D eigenvalue weighted by atomic mass is 79.9. The van der Waals surface area contributed by atoms with Gasteiger partial charge in [0.25, 0.3) is 0 Å². The van der Waals surface area contributed by atoms with Gasteiger partial charge in [-0.1, -0.05) is 24.3 Å². The largest absolute Gasteiger partial charge is 0.462 e. The number of halogens is 2. The molecule has 0 aromatic heterocycles. The van der Waals surface area contributed by atoms with E-state index in [2.05, 4.69) is 40.3 Å². The molecule has 2 rings (SSSR count). The summed E-state index contributed by atoms with van der Waals surface area (Å²) >= 11 is 9.06. The molecule has 0 unspecified atom stereocenters. The highest BCUT2D eigenvalue weighted by Gasteiger charge is 2.13. The molecule has 0 bridgehead atoms. The van der Waals surface area contributed by atoms with Gasteiger partial charge in [-0.2, -0.15) is 0 Å². The molecular formula is C20H24BrClN2O2. The first kappa shape index (κ1) is 20.7. The van der Waals surface area contributed by atoms with E-state index in [1.54, 1.807) is 12.1 Å². The number of nitrogens with one attached hydrogen (secondary N) is 1. The molecule has 0 atom stereocenters. The molecule has 26 heavy (non-hydrogen) atoms. The quantitative estimate of drug-likeness (QED) is 0.255. The fourth-order valence-electron chi connectivity index (χ4n) is 2.52. The molecule has 0 spiro atoms. The zero-order valence-electron chi connectivity index (χ0n) is 14.9. The number of nitrogens with two attached hydrogens (primary N) is 1. The molecule has 0 fully saturated rings. The number of esters is 1. The lowest BCUT2D eigenvalue weighted by atomic mass is 10.1. The average molecular weight is 440 g/mol. The number of unbranched alkanes of at least 4 members (excludes halogenated alkanes) is 1. The topological polar surface area (TPSA) is 64.3 Å². The van der Waals surface area contributed by atoms with Crippen molar-refractivity contribution in [2.24, 2.45) is 0 Å². The second-order valence-electron chi connectivity index (χ2n) is 6.09. The lowest BCUT2D eigenvalue weighted by Gasteiger charge is -2.13. The van der Waals surface area contributed by atoms with Crippen molar-refractivity contribution in [1.82, 2.24) is 5.32 Å². The molecule has 2 aromatic rings. The second kappa shape index (κ2) is 10.6. The van der Waals surface area contributed by atoms with Crippen LogP contribution in [0.25, 0.3) is 0 Å². The van der Waals surface area contributed by atoms with Crippen molar-refractivity contribution in [3.05, 3.63) is 63.1 Å². The normalized spacial score (nSPS) is 10.7. The van der Waals surface area contributed by atoms with Crippen LogP contribution in [0.4, 0.5) is 5.69 Å². The van der Waals surface area contributed by atoms with Gasteiger partial charge in [0.05, 0.1) is 17.9 Å². The summed E-state index contributed by atoms with van der Waals surface area (Å²) in [6.07, 6.45) is 1.59. The predicted octanol–water partition coefficient (Wildman–Crippen LogP) is 4.81. The Morgan fingerprint density at radius 3 is 2.65 bits per heavy atom. The molecule has 140 valence electrons. The third-order valence-corrected chi connectivity index (χ3v) is 5.03. The predicted molar refractivity (Wildman–Crippen MR) is 111 cm³/mol. The Kier molecular flexibility index (Phi) is 8.42. The van der Waals surface area contributed by atoms with E-state index >= 15 is 0 Å². The van der Waals surface area contributed by atoms with Crippen LogP contribution in [0, 0.1) is 6.92 Å². The Morgan fingerprint density at radius 2 is 1.92 bits per heavy atom. The van der Waals surface area contributed by atoms with Gasteiger partial charge >= 0.3 is 5.97 Å². The number of alkyl halides is 1. The number of hydrogen-bond donors (Lipinski definition) is 2. The maximum absolute atomic E-state index is 12.2. The maximum atomic E-state index is 12.2. The van der Waals surface area contributed by atoms with Gasteiger partial charge in [-0.25, -0.2) is 4.79 Å². The van der Waals surface area contributed by atoms with Crippen molar-refractivity contribution < 1.29 is 9.53 Å². The fourth-order valence-corrected chi connectivity index (χ4v) is 3.21. The number of rotatable bonds is 9. The number of hydrogen-bond acceptors (Lipinski definition) is 4. The molecule has 0 heterocycles. The molecule has 0 amide bonds. The molecule has 3 N–H and O–H groups in total. The molecular weight excluding hydrogens is 416 g/mol. The molecule has 0 radical (unpaired) electrons. The van der Waals surface area contributed by atoms with Gasteiger partial charge in [0.15, 0.2) is 0 Å². The summed E-state index contributed by atoms with van der Waals surface area (Å²) in [5.41, 5.74) is 10.6. The highest BCUT2D eigenvalue weighted by molar-refractivity contribution is 9.10. The van der Waals surface area contributed by atoms with E-state index in [-0.39, 0.29) is 5.97 Å². The van der Waals surface area contributed by atoms with Crippen LogP contribution in [-0.4, -0.2) is 18.5 Å². The summed E-state index contributed by atoms with van der Waals surface area (Å²) in [7, 11) is 0. The number of benzene rings is 2. The molecule has 6 heteroatoms. The molecule has 0 saturated heterocycles. The van der Waals surface area contributed by atoms with Gasteiger partial charge < -0.3 is 15.8 Å². The van der Waals surface area contributed by atoms with Crippen LogP contribution < -0.4 is 11.1 Å². The van der Waals surface area contributed by atoms with Gasteiger partial charge in [0.1, 0.15) is 0 Å². The first-order valence-corrected chi connectivity index (χ1v) is 9.92. The molecule has 0 aliphatic heterocycles. The smallest absolute Gasteiger partial charge is 0.338 e. The number of anilines is 1. The summed E-state index contributed by atoms with van der Waals surface area (Å²) in [6.45, 7) is 3.75. The lowest BCUT2D eigenvalue weighted by Crippen LogP contribution is -2.16. The van der Waals surface area contributed by atoms with E-state index in [1.165, 1.54) is 11.1 Å². The van der Waals surface area contributed by atoms with Crippen molar-refractivity contribution in [2.75, 3.05) is 18.2 Å². The molecule has 2 aromatic carbocycles. The van der Waals surface area contributed by atoms with Crippen LogP contribution in [0.2, 0.25) is 0 Å². The first-order valence-electron chi connectivity index (χ1n) is 8.59. The summed E-state index contributed by atoms with van der Waals surface area (Å²) in [6, 6.07) is 11.7. The summed E-state index contributed by atoms with van der Waals surface area (Å²) in [5, 5.41) is 3.39. The van der Waals surface area contributed by atoms with Crippen molar-refractivity contribution in [3.8, 4) is 0 Å². The molecule has 0 saturated carbocycles. The van der Waals surface area contributed by atoms with E-state index < -0.39 is 0 Å². The SMILES string of the molecule is Cc1ccccc1CNCc1cc(C(=O)OCCCCCl)cc(Br)c1N. The average Bonchev–Trinajstić information content (AvgIpc) is 2.63. The van der Waals surface area contributed by atoms with Crippen LogP contribution in [0.1, 0.15) is 39.9 Å². The van der Waals surface area contributed by atoms with Crippen molar-refractivity contribution in [1.29, 1.82) is 0 Å². The summed E-state index contributed by atoms with van der Waals surface area (Å²) in [5.74, 6) is 0.224. The monoisotopic (exact) mass is 438 g/mol.